The fourth-order valence-electron chi connectivity index (χ4n) is 1.78. The van der Waals surface area contributed by atoms with E-state index in [2.05, 4.69) is 0 Å². The van der Waals surface area contributed by atoms with E-state index in [-0.39, 0.29) is 6.61 Å². The highest BCUT2D eigenvalue weighted by Gasteiger charge is 2.33. The zero-order valence-corrected chi connectivity index (χ0v) is 15.6. The summed E-state index contributed by atoms with van der Waals surface area (Å²) in [5.41, 5.74) is 0. The molecule has 0 aromatic rings. The number of carbonyl (C=O) groups excluding carboxylic acids is 2. The van der Waals surface area contributed by atoms with E-state index in [9.17, 15) is 19.5 Å². The summed E-state index contributed by atoms with van der Waals surface area (Å²) >= 11 is 0. The van der Waals surface area contributed by atoms with Crippen LogP contribution in [0.1, 0.15) is 53.4 Å². The summed E-state index contributed by atoms with van der Waals surface area (Å²) < 4.78 is 4.92. The lowest BCUT2D eigenvalue weighted by atomic mass is 10.1. The predicted molar refractivity (Wildman–Crippen MR) is 90.8 cm³/mol. The van der Waals surface area contributed by atoms with Gasteiger partial charge < -0.3 is 19.6 Å². The van der Waals surface area contributed by atoms with E-state index in [1.54, 1.807) is 20.8 Å². The summed E-state index contributed by atoms with van der Waals surface area (Å²) in [6, 6.07) is -1.02. The highest BCUT2D eigenvalue weighted by molar-refractivity contribution is 5.94. The highest BCUT2D eigenvalue weighted by atomic mass is 16.8. The second-order valence-electron chi connectivity index (χ2n) is 5.90. The van der Waals surface area contributed by atoms with Crippen molar-refractivity contribution < 1.29 is 29.1 Å². The van der Waals surface area contributed by atoms with Gasteiger partial charge in [0.05, 0.1) is 12.5 Å². The minimum absolute atomic E-state index is 0.0871. The van der Waals surface area contributed by atoms with E-state index in [0.717, 1.165) is 11.3 Å². The van der Waals surface area contributed by atoms with Crippen molar-refractivity contribution in [2.24, 2.45) is 5.92 Å². The van der Waals surface area contributed by atoms with Gasteiger partial charge in [-0.25, -0.2) is 14.4 Å². The average Bonchev–Trinajstić information content (AvgIpc) is 2.56. The van der Waals surface area contributed by atoms with Crippen molar-refractivity contribution in [1.29, 1.82) is 5.41 Å². The predicted octanol–water partition coefficient (Wildman–Crippen LogP) is 2.46. The number of guanidine groups is 1. The second kappa shape index (κ2) is 11.3. The topological polar surface area (TPSA) is 120 Å². The highest BCUT2D eigenvalue weighted by Crippen LogP contribution is 2.12. The van der Waals surface area contributed by atoms with E-state index in [1.807, 2.05) is 6.92 Å². The Morgan fingerprint density at radius 2 is 1.76 bits per heavy atom. The molecule has 0 aromatic heterocycles. The molecular formula is C16H29N3O6. The van der Waals surface area contributed by atoms with Gasteiger partial charge in [-0.05, 0) is 12.8 Å². The van der Waals surface area contributed by atoms with Gasteiger partial charge >= 0.3 is 18.0 Å². The van der Waals surface area contributed by atoms with Crippen molar-refractivity contribution in [3.05, 3.63) is 0 Å². The van der Waals surface area contributed by atoms with Crippen molar-refractivity contribution in [2.75, 3.05) is 13.7 Å². The number of likely N-dealkylation sites (N-methyl/N-ethyl adjacent to an activating group) is 1. The van der Waals surface area contributed by atoms with Gasteiger partial charge in [0, 0.05) is 7.05 Å². The van der Waals surface area contributed by atoms with Crippen LogP contribution in [0.4, 0.5) is 4.79 Å². The van der Waals surface area contributed by atoms with Gasteiger partial charge in [0.25, 0.3) is 0 Å². The molecule has 9 nitrogen and oxygen atoms in total. The van der Waals surface area contributed by atoms with Crippen molar-refractivity contribution >= 4 is 24.0 Å². The van der Waals surface area contributed by atoms with Crippen LogP contribution in [0.25, 0.3) is 0 Å². The molecule has 25 heavy (non-hydrogen) atoms. The number of carboxylic acid groups (broad SMARTS) is 1. The first kappa shape index (κ1) is 22.7. The first-order valence-corrected chi connectivity index (χ1v) is 8.40. The Morgan fingerprint density at radius 1 is 1.16 bits per heavy atom. The van der Waals surface area contributed by atoms with Crippen molar-refractivity contribution in [1.82, 2.24) is 9.96 Å². The molecule has 0 aliphatic heterocycles. The molecular weight excluding hydrogens is 330 g/mol. The lowest BCUT2D eigenvalue weighted by Gasteiger charge is -2.31. The lowest BCUT2D eigenvalue weighted by molar-refractivity contribution is -0.173. The fraction of sp³-hybridized carbons (Fsp3) is 0.750. The number of amides is 1. The maximum Gasteiger partial charge on any atom is 0.451 e. The lowest BCUT2D eigenvalue weighted by Crippen LogP contribution is -2.52. The monoisotopic (exact) mass is 359 g/mol. The van der Waals surface area contributed by atoms with Gasteiger partial charge in [0.1, 0.15) is 6.04 Å². The maximum atomic E-state index is 12.1. The summed E-state index contributed by atoms with van der Waals surface area (Å²) in [4.78, 5) is 41.5. The van der Waals surface area contributed by atoms with E-state index < -0.39 is 36.0 Å². The Bertz CT molecular complexity index is 480. The van der Waals surface area contributed by atoms with Gasteiger partial charge in [-0.15, -0.1) is 0 Å². The van der Waals surface area contributed by atoms with Crippen LogP contribution in [-0.4, -0.2) is 58.8 Å². The molecule has 0 aromatic carbocycles. The van der Waals surface area contributed by atoms with Gasteiger partial charge in [-0.3, -0.25) is 5.41 Å². The Kier molecular flexibility index (Phi) is 10.2. The van der Waals surface area contributed by atoms with Crippen LogP contribution in [0.5, 0.6) is 0 Å². The van der Waals surface area contributed by atoms with Crippen LogP contribution in [0.3, 0.4) is 0 Å². The van der Waals surface area contributed by atoms with Crippen molar-refractivity contribution in [3.8, 4) is 0 Å². The number of unbranched alkanes of at least 4 members (excludes halogenated alkanes) is 1. The molecule has 1 unspecified atom stereocenters. The normalized spacial score (nSPS) is 11.6. The smallest absolute Gasteiger partial charge is 0.451 e. The molecule has 144 valence electrons. The number of nitrogens with zero attached hydrogens (tertiary/aromatic N) is 2. The van der Waals surface area contributed by atoms with Crippen LogP contribution in [-0.2, 0) is 19.2 Å². The third-order valence-corrected chi connectivity index (χ3v) is 3.36. The molecule has 0 aliphatic carbocycles. The van der Waals surface area contributed by atoms with Gasteiger partial charge in [-0.2, -0.15) is 0 Å². The molecule has 0 heterocycles. The number of carboxylic acids is 1. The molecule has 0 aliphatic rings. The largest absolute Gasteiger partial charge is 0.480 e. The number of rotatable bonds is 8. The minimum atomic E-state index is -1.13. The molecule has 9 heteroatoms. The SMILES string of the molecule is CCCCC(C(=O)O)N(C)C(=N)N(OC(=O)C(C)C)C(=O)OCCC. The number of ether oxygens (including phenoxy) is 1. The summed E-state index contributed by atoms with van der Waals surface area (Å²) in [7, 11) is 1.36. The van der Waals surface area contributed by atoms with Crippen LogP contribution in [0.15, 0.2) is 0 Å². The summed E-state index contributed by atoms with van der Waals surface area (Å²) in [5, 5.41) is 17.9. The molecule has 2 N–H and O–H groups in total. The Morgan fingerprint density at radius 3 is 2.20 bits per heavy atom. The van der Waals surface area contributed by atoms with Gasteiger partial charge in [0.2, 0.25) is 5.96 Å². The van der Waals surface area contributed by atoms with Crippen LogP contribution in [0, 0.1) is 11.3 Å². The molecule has 0 spiro atoms. The van der Waals surface area contributed by atoms with E-state index >= 15 is 0 Å². The van der Waals surface area contributed by atoms with E-state index in [4.69, 9.17) is 15.0 Å². The third-order valence-electron chi connectivity index (χ3n) is 3.36. The Labute approximate surface area is 148 Å². The quantitative estimate of drug-likeness (QED) is 0.388. The molecule has 0 saturated heterocycles. The summed E-state index contributed by atoms with van der Waals surface area (Å²) in [5.74, 6) is -2.96. The molecule has 1 amide bonds. The van der Waals surface area contributed by atoms with E-state index in [1.165, 1.54) is 7.05 Å². The molecule has 0 fully saturated rings. The van der Waals surface area contributed by atoms with Crippen molar-refractivity contribution in [3.63, 3.8) is 0 Å². The van der Waals surface area contributed by atoms with Gasteiger partial charge in [-0.1, -0.05) is 45.6 Å². The number of aliphatic carboxylic acids is 1. The van der Waals surface area contributed by atoms with Crippen molar-refractivity contribution in [2.45, 2.75) is 59.4 Å². The number of hydrogen-bond acceptors (Lipinski definition) is 6. The molecule has 0 radical (unpaired) electrons. The first-order valence-electron chi connectivity index (χ1n) is 8.40. The average molecular weight is 359 g/mol. The summed E-state index contributed by atoms with van der Waals surface area (Å²) in [6.45, 7) is 6.95. The number of carbonyl (C=O) groups is 3. The molecule has 0 bridgehead atoms. The zero-order chi connectivity index (χ0) is 19.6. The molecule has 1 atom stereocenters. The maximum absolute atomic E-state index is 12.1. The van der Waals surface area contributed by atoms with Gasteiger partial charge in [0.15, 0.2) is 0 Å². The molecule has 0 rings (SSSR count). The Balaban J connectivity index is 5.36. The third kappa shape index (κ3) is 7.40. The minimum Gasteiger partial charge on any atom is -0.480 e. The first-order chi connectivity index (χ1) is 11.7. The van der Waals surface area contributed by atoms with Crippen LogP contribution in [0.2, 0.25) is 0 Å². The number of hydroxylamine groups is 2. The second-order valence-corrected chi connectivity index (χ2v) is 5.90. The fourth-order valence-corrected chi connectivity index (χ4v) is 1.78. The molecule has 0 saturated carbocycles. The summed E-state index contributed by atoms with van der Waals surface area (Å²) in [6.07, 6.45) is 1.23. The standard InChI is InChI=1S/C16H29N3O6/c1-6-8-9-12(13(20)21)18(5)15(17)19(16(23)24-10-7-2)25-14(22)11(3)4/h11-12,17H,6-10H2,1-5H3,(H,20,21). The van der Waals surface area contributed by atoms with Crippen LogP contribution >= 0.6 is 0 Å². The zero-order valence-electron chi connectivity index (χ0n) is 15.6. The number of hydrogen-bond donors (Lipinski definition) is 2. The van der Waals surface area contributed by atoms with E-state index in [0.29, 0.717) is 24.3 Å². The number of nitrogens with one attached hydrogen (secondary N) is 1. The van der Waals surface area contributed by atoms with Crippen LogP contribution < -0.4 is 0 Å². The Hall–Kier alpha value is -2.32.